The Balaban J connectivity index is 1.52. The fraction of sp³-hybridized carbons (Fsp3) is 0.478. The molecule has 140 valence electrons. The quantitative estimate of drug-likeness (QED) is 0.587. The molecule has 2 aromatic heterocycles. The third-order valence-electron chi connectivity index (χ3n) is 6.84. The third-order valence-corrected chi connectivity index (χ3v) is 7.73. The highest BCUT2D eigenvalue weighted by Crippen LogP contribution is 2.50. The number of nitrogens with one attached hydrogen (secondary N) is 1. The topological polar surface area (TPSA) is 37.8 Å². The zero-order valence-corrected chi connectivity index (χ0v) is 17.1. The van der Waals surface area contributed by atoms with Gasteiger partial charge in [0.2, 0.25) is 0 Å². The number of anilines is 1. The lowest BCUT2D eigenvalue weighted by Crippen LogP contribution is -2.30. The third kappa shape index (κ3) is 2.94. The van der Waals surface area contributed by atoms with Crippen LogP contribution in [-0.4, -0.2) is 16.0 Å². The maximum absolute atomic E-state index is 4.67. The summed E-state index contributed by atoms with van der Waals surface area (Å²) in [4.78, 5) is 10.3. The molecule has 4 atom stereocenters. The first-order valence-corrected chi connectivity index (χ1v) is 11.0. The van der Waals surface area contributed by atoms with Gasteiger partial charge in [0, 0.05) is 17.0 Å². The Morgan fingerprint density at radius 1 is 1.11 bits per heavy atom. The van der Waals surface area contributed by atoms with E-state index in [1.54, 1.807) is 17.7 Å². The summed E-state index contributed by atoms with van der Waals surface area (Å²) in [6.45, 7) is 6.69. The van der Waals surface area contributed by atoms with Crippen LogP contribution in [0.3, 0.4) is 0 Å². The minimum absolute atomic E-state index is 0.463. The lowest BCUT2D eigenvalue weighted by Gasteiger charge is -2.29. The molecule has 27 heavy (non-hydrogen) atoms. The number of nitrogens with zero attached hydrogens (tertiary/aromatic N) is 2. The highest BCUT2D eigenvalue weighted by atomic mass is 32.1. The second-order valence-electron chi connectivity index (χ2n) is 8.64. The van der Waals surface area contributed by atoms with E-state index in [0.29, 0.717) is 6.04 Å². The molecule has 3 nitrogen and oxygen atoms in total. The number of rotatable bonds is 4. The number of fused-ring (bicyclic) bond motifs is 3. The smallest absolute Gasteiger partial charge is 0.139 e. The normalized spacial score (nSPS) is 25.2. The van der Waals surface area contributed by atoms with Gasteiger partial charge in [-0.05, 0) is 68.9 Å². The van der Waals surface area contributed by atoms with Crippen molar-refractivity contribution in [2.24, 2.45) is 17.8 Å². The number of benzene rings is 1. The average Bonchev–Trinajstić information content (AvgIpc) is 3.37. The zero-order valence-electron chi connectivity index (χ0n) is 16.3. The molecule has 0 amide bonds. The van der Waals surface area contributed by atoms with Gasteiger partial charge in [0.1, 0.15) is 17.0 Å². The first-order chi connectivity index (χ1) is 13.1. The van der Waals surface area contributed by atoms with Crippen LogP contribution in [0.15, 0.2) is 29.9 Å². The van der Waals surface area contributed by atoms with Gasteiger partial charge in [0.25, 0.3) is 0 Å². The lowest BCUT2D eigenvalue weighted by atomic mass is 9.84. The Labute approximate surface area is 165 Å². The summed E-state index contributed by atoms with van der Waals surface area (Å²) in [5, 5.41) is 7.22. The van der Waals surface area contributed by atoms with Gasteiger partial charge in [-0.25, -0.2) is 9.97 Å². The molecule has 2 aliphatic rings. The number of hydrogen-bond acceptors (Lipinski definition) is 4. The summed E-state index contributed by atoms with van der Waals surface area (Å²) in [5.41, 5.74) is 5.16. The molecular weight excluding hydrogens is 350 g/mol. The molecule has 5 rings (SSSR count). The van der Waals surface area contributed by atoms with Crippen molar-refractivity contribution in [3.05, 3.63) is 41.0 Å². The van der Waals surface area contributed by atoms with Crippen molar-refractivity contribution < 1.29 is 0 Å². The molecule has 2 aliphatic carbocycles. The molecule has 0 aliphatic heterocycles. The van der Waals surface area contributed by atoms with Crippen LogP contribution in [0, 0.1) is 31.6 Å². The predicted octanol–water partition coefficient (Wildman–Crippen LogP) is 6.21. The molecule has 0 saturated heterocycles. The molecule has 2 heterocycles. The Hall–Kier alpha value is -1.94. The van der Waals surface area contributed by atoms with E-state index < -0.39 is 0 Å². The van der Waals surface area contributed by atoms with Crippen LogP contribution in [0.2, 0.25) is 0 Å². The van der Waals surface area contributed by atoms with Crippen LogP contribution in [-0.2, 0) is 0 Å². The predicted molar refractivity (Wildman–Crippen MR) is 114 cm³/mol. The minimum atomic E-state index is 0.463. The van der Waals surface area contributed by atoms with Crippen molar-refractivity contribution in [3.63, 3.8) is 0 Å². The van der Waals surface area contributed by atoms with E-state index in [0.717, 1.165) is 28.4 Å². The summed E-state index contributed by atoms with van der Waals surface area (Å²) in [6.07, 6.45) is 7.42. The van der Waals surface area contributed by atoms with E-state index in [1.807, 2.05) is 0 Å². The molecule has 2 saturated carbocycles. The molecule has 1 N–H and O–H groups in total. The highest BCUT2D eigenvalue weighted by Gasteiger charge is 2.42. The van der Waals surface area contributed by atoms with E-state index >= 15 is 0 Å². The average molecular weight is 378 g/mol. The van der Waals surface area contributed by atoms with Gasteiger partial charge < -0.3 is 5.32 Å². The van der Waals surface area contributed by atoms with Crippen LogP contribution in [0.25, 0.3) is 21.3 Å². The summed E-state index contributed by atoms with van der Waals surface area (Å²) in [6, 6.07) is 7.15. The van der Waals surface area contributed by atoms with Crippen molar-refractivity contribution in [1.29, 1.82) is 0 Å². The fourth-order valence-electron chi connectivity index (χ4n) is 5.53. The Morgan fingerprint density at radius 2 is 2.00 bits per heavy atom. The first-order valence-electron chi connectivity index (χ1n) is 10.2. The maximum Gasteiger partial charge on any atom is 0.139 e. The second-order valence-corrected chi connectivity index (χ2v) is 9.50. The van der Waals surface area contributed by atoms with E-state index in [4.69, 9.17) is 0 Å². The lowest BCUT2D eigenvalue weighted by molar-refractivity contribution is 0.304. The van der Waals surface area contributed by atoms with Crippen molar-refractivity contribution in [2.45, 2.75) is 52.5 Å². The van der Waals surface area contributed by atoms with Crippen molar-refractivity contribution in [3.8, 4) is 11.1 Å². The standard InChI is InChI=1S/C23H27N3S/c1-13-4-7-18(14(2)8-13)20-11-27-23-21(20)22(24-12-25-23)26-15(3)19-10-16-5-6-17(19)9-16/h4,7-8,11-12,15-17,19H,5-6,9-10H2,1-3H3,(H,24,25,26). The summed E-state index contributed by atoms with van der Waals surface area (Å²) >= 11 is 1.72. The minimum Gasteiger partial charge on any atom is -0.367 e. The summed E-state index contributed by atoms with van der Waals surface area (Å²) in [5.74, 6) is 3.68. The van der Waals surface area contributed by atoms with Gasteiger partial charge >= 0.3 is 0 Å². The largest absolute Gasteiger partial charge is 0.367 e. The zero-order chi connectivity index (χ0) is 18.5. The molecule has 4 heteroatoms. The van der Waals surface area contributed by atoms with Crippen LogP contribution >= 0.6 is 11.3 Å². The maximum atomic E-state index is 4.67. The van der Waals surface area contributed by atoms with E-state index in [2.05, 4.69) is 59.6 Å². The van der Waals surface area contributed by atoms with E-state index in [9.17, 15) is 0 Å². The number of thiophene rings is 1. The van der Waals surface area contributed by atoms with Gasteiger partial charge in [-0.1, -0.05) is 30.2 Å². The summed E-state index contributed by atoms with van der Waals surface area (Å²) < 4.78 is 0. The van der Waals surface area contributed by atoms with Crippen molar-refractivity contribution in [2.75, 3.05) is 5.32 Å². The first kappa shape index (κ1) is 17.2. The number of aryl methyl sites for hydroxylation is 2. The van der Waals surface area contributed by atoms with Crippen LogP contribution in [0.5, 0.6) is 0 Å². The fourth-order valence-corrected chi connectivity index (χ4v) is 6.43. The van der Waals surface area contributed by atoms with E-state index in [-0.39, 0.29) is 0 Å². The SMILES string of the molecule is Cc1ccc(-c2csc3ncnc(NC(C)C4CC5CCC4C5)c23)c(C)c1. The molecule has 2 fully saturated rings. The van der Waals surface area contributed by atoms with E-state index in [1.165, 1.54) is 53.3 Å². The van der Waals surface area contributed by atoms with Crippen molar-refractivity contribution in [1.82, 2.24) is 9.97 Å². The highest BCUT2D eigenvalue weighted by molar-refractivity contribution is 7.17. The monoisotopic (exact) mass is 377 g/mol. The summed E-state index contributed by atoms with van der Waals surface area (Å²) in [7, 11) is 0. The second kappa shape index (κ2) is 6.59. The molecule has 1 aromatic carbocycles. The molecule has 3 aromatic rings. The molecule has 2 bridgehead atoms. The van der Waals surface area contributed by atoms with Gasteiger partial charge in [0.15, 0.2) is 0 Å². The Kier molecular flexibility index (Phi) is 4.19. The van der Waals surface area contributed by atoms with Gasteiger partial charge in [-0.2, -0.15) is 0 Å². The number of aromatic nitrogens is 2. The Morgan fingerprint density at radius 3 is 2.74 bits per heavy atom. The van der Waals surface area contributed by atoms with Crippen LogP contribution < -0.4 is 5.32 Å². The Bertz CT molecular complexity index is 992. The van der Waals surface area contributed by atoms with Crippen LogP contribution in [0.4, 0.5) is 5.82 Å². The molecular formula is C23H27N3S. The van der Waals surface area contributed by atoms with Gasteiger partial charge in [-0.3, -0.25) is 0 Å². The van der Waals surface area contributed by atoms with Crippen LogP contribution in [0.1, 0.15) is 43.7 Å². The molecule has 0 spiro atoms. The number of hydrogen-bond donors (Lipinski definition) is 1. The molecule has 4 unspecified atom stereocenters. The van der Waals surface area contributed by atoms with Gasteiger partial charge in [0.05, 0.1) is 5.39 Å². The molecule has 0 radical (unpaired) electrons. The van der Waals surface area contributed by atoms with Gasteiger partial charge in [-0.15, -0.1) is 11.3 Å². The van der Waals surface area contributed by atoms with Crippen molar-refractivity contribution >= 4 is 27.4 Å².